The molecule has 0 saturated heterocycles. The van der Waals surface area contributed by atoms with Crippen molar-refractivity contribution < 1.29 is 4.79 Å². The Morgan fingerprint density at radius 2 is 2.00 bits per heavy atom. The first-order valence-corrected chi connectivity index (χ1v) is 8.22. The van der Waals surface area contributed by atoms with Crippen molar-refractivity contribution in [3.8, 4) is 0 Å². The van der Waals surface area contributed by atoms with Crippen molar-refractivity contribution >= 4 is 39.3 Å². The molecule has 0 aliphatic heterocycles. The fourth-order valence-electron chi connectivity index (χ4n) is 1.64. The lowest BCUT2D eigenvalue weighted by molar-refractivity contribution is -0.113. The molecule has 2 rings (SSSR count). The summed E-state index contributed by atoms with van der Waals surface area (Å²) in [6, 6.07) is 13.5. The summed E-state index contributed by atoms with van der Waals surface area (Å²) < 4.78 is 0.895. The van der Waals surface area contributed by atoms with E-state index < -0.39 is 0 Å². The molecule has 0 saturated carbocycles. The second-order valence-electron chi connectivity index (χ2n) is 4.15. The molecule has 0 fully saturated rings. The molecule has 0 spiro atoms. The van der Waals surface area contributed by atoms with E-state index in [0.717, 1.165) is 28.0 Å². The summed E-state index contributed by atoms with van der Waals surface area (Å²) in [6.07, 6.45) is 2.67. The number of nitrogens with zero attached hydrogens (tertiary/aromatic N) is 1. The van der Waals surface area contributed by atoms with Crippen LogP contribution in [0.2, 0.25) is 0 Å². The third kappa shape index (κ3) is 4.98. The summed E-state index contributed by atoms with van der Waals surface area (Å²) in [6.45, 7) is 0. The molecule has 0 radical (unpaired) electrons. The van der Waals surface area contributed by atoms with E-state index in [1.807, 2.05) is 42.5 Å². The molecular formula is C15H15BrN2OS. The predicted molar refractivity (Wildman–Crippen MR) is 88.0 cm³/mol. The molecule has 3 nitrogen and oxygen atoms in total. The summed E-state index contributed by atoms with van der Waals surface area (Å²) >= 11 is 5.02. The van der Waals surface area contributed by atoms with Gasteiger partial charge in [0.2, 0.25) is 5.91 Å². The van der Waals surface area contributed by atoms with Gasteiger partial charge in [-0.3, -0.25) is 9.78 Å². The van der Waals surface area contributed by atoms with E-state index >= 15 is 0 Å². The monoisotopic (exact) mass is 350 g/mol. The lowest BCUT2D eigenvalue weighted by Crippen LogP contribution is -2.14. The average molecular weight is 351 g/mol. The van der Waals surface area contributed by atoms with Crippen LogP contribution in [0.5, 0.6) is 0 Å². The lowest BCUT2D eigenvalue weighted by Gasteiger charge is -2.06. The van der Waals surface area contributed by atoms with Crippen molar-refractivity contribution in [1.82, 2.24) is 4.98 Å². The molecule has 0 bridgehead atoms. The summed E-state index contributed by atoms with van der Waals surface area (Å²) in [5, 5.41) is 2.89. The zero-order valence-electron chi connectivity index (χ0n) is 10.9. The highest BCUT2D eigenvalue weighted by Gasteiger charge is 2.05. The number of para-hydroxylation sites is 1. The summed E-state index contributed by atoms with van der Waals surface area (Å²) in [5.74, 6) is 1.36. The van der Waals surface area contributed by atoms with Gasteiger partial charge in [0.15, 0.2) is 0 Å². The molecule has 1 amide bonds. The van der Waals surface area contributed by atoms with Gasteiger partial charge in [-0.15, -0.1) is 0 Å². The van der Waals surface area contributed by atoms with Crippen LogP contribution in [-0.4, -0.2) is 22.4 Å². The van der Waals surface area contributed by atoms with Crippen LogP contribution in [0.1, 0.15) is 5.69 Å². The maximum atomic E-state index is 11.8. The molecule has 0 atom stereocenters. The van der Waals surface area contributed by atoms with Crippen molar-refractivity contribution in [2.75, 3.05) is 16.8 Å². The van der Waals surface area contributed by atoms with Crippen molar-refractivity contribution in [2.24, 2.45) is 0 Å². The molecule has 1 aromatic carbocycles. The number of aromatic nitrogens is 1. The minimum Gasteiger partial charge on any atom is -0.324 e. The minimum atomic E-state index is 0.0166. The molecule has 0 unspecified atom stereocenters. The zero-order chi connectivity index (χ0) is 14.2. The Bertz CT molecular complexity index is 563. The Morgan fingerprint density at radius 3 is 2.75 bits per heavy atom. The molecule has 104 valence electrons. The van der Waals surface area contributed by atoms with Crippen molar-refractivity contribution in [1.29, 1.82) is 0 Å². The van der Waals surface area contributed by atoms with Gasteiger partial charge in [0.25, 0.3) is 0 Å². The second-order valence-corrected chi connectivity index (χ2v) is 6.11. The van der Waals surface area contributed by atoms with E-state index in [-0.39, 0.29) is 5.91 Å². The summed E-state index contributed by atoms with van der Waals surface area (Å²) in [7, 11) is 0. The Morgan fingerprint density at radius 1 is 1.20 bits per heavy atom. The highest BCUT2D eigenvalue weighted by Crippen LogP contribution is 2.21. The first kappa shape index (κ1) is 15.1. The van der Waals surface area contributed by atoms with Crippen LogP contribution >= 0.6 is 27.7 Å². The first-order valence-electron chi connectivity index (χ1n) is 6.28. The highest BCUT2D eigenvalue weighted by atomic mass is 79.9. The van der Waals surface area contributed by atoms with Crippen LogP contribution < -0.4 is 5.32 Å². The molecule has 0 aliphatic carbocycles. The van der Waals surface area contributed by atoms with Crippen molar-refractivity contribution in [2.45, 2.75) is 6.42 Å². The molecule has 1 N–H and O–H groups in total. The molecule has 5 heteroatoms. The number of carbonyl (C=O) groups excluding carboxylic acids is 1. The Kier molecular flexibility index (Phi) is 6.08. The fraction of sp³-hybridized carbons (Fsp3) is 0.200. The minimum absolute atomic E-state index is 0.0166. The summed E-state index contributed by atoms with van der Waals surface area (Å²) in [4.78, 5) is 16.1. The van der Waals surface area contributed by atoms with Crippen LogP contribution in [0.15, 0.2) is 53.1 Å². The number of hydrogen-bond donors (Lipinski definition) is 1. The number of rotatable bonds is 6. The van der Waals surface area contributed by atoms with E-state index in [4.69, 9.17) is 0 Å². The quantitative estimate of drug-likeness (QED) is 0.806. The number of nitrogens with one attached hydrogen (secondary N) is 1. The Balaban J connectivity index is 1.69. The van der Waals surface area contributed by atoms with Gasteiger partial charge in [-0.05, 0) is 52.4 Å². The normalized spacial score (nSPS) is 10.2. The number of anilines is 1. The van der Waals surface area contributed by atoms with E-state index in [0.29, 0.717) is 5.75 Å². The van der Waals surface area contributed by atoms with Gasteiger partial charge in [0.05, 0.1) is 11.4 Å². The van der Waals surface area contributed by atoms with Gasteiger partial charge in [-0.2, -0.15) is 11.8 Å². The average Bonchev–Trinajstić information content (AvgIpc) is 2.47. The number of pyridine rings is 1. The molecule has 1 aromatic heterocycles. The van der Waals surface area contributed by atoms with Gasteiger partial charge in [-0.1, -0.05) is 18.2 Å². The van der Waals surface area contributed by atoms with Crippen LogP contribution in [0.25, 0.3) is 0 Å². The van der Waals surface area contributed by atoms with Gasteiger partial charge in [-0.25, -0.2) is 0 Å². The lowest BCUT2D eigenvalue weighted by atomic mass is 10.3. The van der Waals surface area contributed by atoms with Crippen LogP contribution in [0.4, 0.5) is 5.69 Å². The third-order valence-corrected chi connectivity index (χ3v) is 4.26. The second kappa shape index (κ2) is 8.07. The standard InChI is InChI=1S/C15H15BrN2OS/c16-13-6-1-2-7-14(13)18-15(19)11-20-10-8-12-5-3-4-9-17-12/h1-7,9H,8,10-11H2,(H,18,19). The van der Waals surface area contributed by atoms with Crippen LogP contribution in [0.3, 0.4) is 0 Å². The molecule has 2 aromatic rings. The number of benzene rings is 1. The molecule has 1 heterocycles. The van der Waals surface area contributed by atoms with Gasteiger partial charge in [0, 0.05) is 16.4 Å². The highest BCUT2D eigenvalue weighted by molar-refractivity contribution is 9.10. The molecule has 0 aliphatic rings. The number of amides is 1. The number of aryl methyl sites for hydroxylation is 1. The number of thioether (sulfide) groups is 1. The van der Waals surface area contributed by atoms with Crippen molar-refractivity contribution in [3.63, 3.8) is 0 Å². The van der Waals surface area contributed by atoms with E-state index in [1.165, 1.54) is 0 Å². The van der Waals surface area contributed by atoms with E-state index in [1.54, 1.807) is 18.0 Å². The third-order valence-electron chi connectivity index (χ3n) is 2.61. The smallest absolute Gasteiger partial charge is 0.234 e. The van der Waals surface area contributed by atoms with E-state index in [2.05, 4.69) is 26.2 Å². The maximum absolute atomic E-state index is 11.8. The molecular weight excluding hydrogens is 336 g/mol. The maximum Gasteiger partial charge on any atom is 0.234 e. The SMILES string of the molecule is O=C(CSCCc1ccccn1)Nc1ccccc1Br. The van der Waals surface area contributed by atoms with Gasteiger partial charge >= 0.3 is 0 Å². The van der Waals surface area contributed by atoms with Crippen molar-refractivity contribution in [3.05, 3.63) is 58.8 Å². The van der Waals surface area contributed by atoms with Crippen LogP contribution in [0, 0.1) is 0 Å². The number of hydrogen-bond acceptors (Lipinski definition) is 3. The van der Waals surface area contributed by atoms with E-state index in [9.17, 15) is 4.79 Å². The first-order chi connectivity index (χ1) is 9.75. The fourth-order valence-corrected chi connectivity index (χ4v) is 2.78. The van der Waals surface area contributed by atoms with Gasteiger partial charge < -0.3 is 5.32 Å². The number of halogens is 1. The Labute approximate surface area is 131 Å². The topological polar surface area (TPSA) is 42.0 Å². The van der Waals surface area contributed by atoms with Crippen LogP contribution in [-0.2, 0) is 11.2 Å². The summed E-state index contributed by atoms with van der Waals surface area (Å²) in [5.41, 5.74) is 1.87. The van der Waals surface area contributed by atoms with Gasteiger partial charge in [0.1, 0.15) is 0 Å². The zero-order valence-corrected chi connectivity index (χ0v) is 13.3. The molecule has 20 heavy (non-hydrogen) atoms. The number of carbonyl (C=O) groups is 1. The largest absolute Gasteiger partial charge is 0.324 e. The predicted octanol–water partition coefficient (Wildman–Crippen LogP) is 3.76. The Hall–Kier alpha value is -1.33.